The van der Waals surface area contributed by atoms with Crippen LogP contribution >= 0.6 is 0 Å². The molecule has 1 aromatic carbocycles. The molecular formula is C17H23FN2. The van der Waals surface area contributed by atoms with Crippen molar-refractivity contribution >= 4 is 0 Å². The summed E-state index contributed by atoms with van der Waals surface area (Å²) in [5, 5.41) is 12.2. The standard InChI is InChI=1S/C17H23FN2/c1-13-2-4-14(5-3-13)6-7-20-12-16-8-15(11-19)9-17(18)10-16/h8-10,13-14,20H,2-7,12H2,1H3. The van der Waals surface area contributed by atoms with E-state index in [0.717, 1.165) is 23.9 Å². The second-order valence-corrected chi connectivity index (χ2v) is 6.05. The second-order valence-electron chi connectivity index (χ2n) is 6.05. The Kier molecular flexibility index (Phi) is 5.55. The Morgan fingerprint density at radius 2 is 2.00 bits per heavy atom. The molecule has 0 radical (unpaired) electrons. The van der Waals surface area contributed by atoms with Gasteiger partial charge < -0.3 is 5.32 Å². The molecule has 0 aromatic heterocycles. The first-order chi connectivity index (χ1) is 9.67. The molecule has 1 aliphatic carbocycles. The summed E-state index contributed by atoms with van der Waals surface area (Å²) in [4.78, 5) is 0. The molecular weight excluding hydrogens is 251 g/mol. The maximum absolute atomic E-state index is 13.3. The molecule has 0 aliphatic heterocycles. The van der Waals surface area contributed by atoms with Gasteiger partial charge >= 0.3 is 0 Å². The van der Waals surface area contributed by atoms with Gasteiger partial charge in [0.25, 0.3) is 0 Å². The third-order valence-corrected chi connectivity index (χ3v) is 4.28. The third-order valence-electron chi connectivity index (χ3n) is 4.28. The highest BCUT2D eigenvalue weighted by atomic mass is 19.1. The lowest BCUT2D eigenvalue weighted by molar-refractivity contribution is 0.275. The highest BCUT2D eigenvalue weighted by molar-refractivity contribution is 5.33. The Bertz CT molecular complexity index is 470. The van der Waals surface area contributed by atoms with Crippen LogP contribution in [0.4, 0.5) is 4.39 Å². The van der Waals surface area contributed by atoms with Crippen molar-refractivity contribution in [2.24, 2.45) is 11.8 Å². The zero-order valence-corrected chi connectivity index (χ0v) is 12.2. The van der Waals surface area contributed by atoms with Gasteiger partial charge in [-0.15, -0.1) is 0 Å². The Morgan fingerprint density at radius 1 is 1.25 bits per heavy atom. The van der Waals surface area contributed by atoms with Gasteiger partial charge in [0.1, 0.15) is 5.82 Å². The van der Waals surface area contributed by atoms with E-state index < -0.39 is 0 Å². The van der Waals surface area contributed by atoms with Crippen molar-refractivity contribution in [3.8, 4) is 6.07 Å². The van der Waals surface area contributed by atoms with Crippen LogP contribution < -0.4 is 5.32 Å². The predicted molar refractivity (Wildman–Crippen MR) is 78.6 cm³/mol. The highest BCUT2D eigenvalue weighted by Gasteiger charge is 2.17. The number of hydrogen-bond donors (Lipinski definition) is 1. The summed E-state index contributed by atoms with van der Waals surface area (Å²) < 4.78 is 13.3. The fourth-order valence-corrected chi connectivity index (χ4v) is 2.97. The monoisotopic (exact) mass is 274 g/mol. The fraction of sp³-hybridized carbons (Fsp3) is 0.588. The maximum atomic E-state index is 13.3. The molecule has 2 rings (SSSR count). The molecule has 1 N–H and O–H groups in total. The summed E-state index contributed by atoms with van der Waals surface area (Å²) in [6, 6.07) is 6.50. The fourth-order valence-electron chi connectivity index (χ4n) is 2.97. The number of hydrogen-bond acceptors (Lipinski definition) is 2. The van der Waals surface area contributed by atoms with Gasteiger partial charge in [-0.25, -0.2) is 4.39 Å². The van der Waals surface area contributed by atoms with E-state index in [1.165, 1.54) is 44.2 Å². The minimum Gasteiger partial charge on any atom is -0.313 e. The van der Waals surface area contributed by atoms with Crippen molar-refractivity contribution in [2.45, 2.75) is 45.6 Å². The van der Waals surface area contributed by atoms with Crippen LogP contribution in [0, 0.1) is 29.0 Å². The zero-order valence-electron chi connectivity index (χ0n) is 12.2. The number of nitrogens with one attached hydrogen (secondary N) is 1. The van der Waals surface area contributed by atoms with Gasteiger partial charge in [0.2, 0.25) is 0 Å². The molecule has 20 heavy (non-hydrogen) atoms. The number of rotatable bonds is 5. The zero-order chi connectivity index (χ0) is 14.4. The van der Waals surface area contributed by atoms with E-state index in [9.17, 15) is 4.39 Å². The van der Waals surface area contributed by atoms with Crippen LogP contribution in [0.2, 0.25) is 0 Å². The van der Waals surface area contributed by atoms with Gasteiger partial charge in [0.15, 0.2) is 0 Å². The van der Waals surface area contributed by atoms with Gasteiger partial charge in [0, 0.05) is 6.54 Å². The molecule has 1 aromatic rings. The molecule has 3 heteroatoms. The van der Waals surface area contributed by atoms with Crippen molar-refractivity contribution in [3.05, 3.63) is 35.1 Å². The molecule has 0 heterocycles. The second kappa shape index (κ2) is 7.40. The van der Waals surface area contributed by atoms with E-state index in [1.54, 1.807) is 6.07 Å². The maximum Gasteiger partial charge on any atom is 0.124 e. The lowest BCUT2D eigenvalue weighted by Gasteiger charge is -2.26. The average molecular weight is 274 g/mol. The molecule has 0 spiro atoms. The lowest BCUT2D eigenvalue weighted by atomic mass is 9.81. The summed E-state index contributed by atoms with van der Waals surface area (Å²) in [7, 11) is 0. The number of nitriles is 1. The van der Waals surface area contributed by atoms with Crippen molar-refractivity contribution < 1.29 is 4.39 Å². The van der Waals surface area contributed by atoms with Gasteiger partial charge in [-0.1, -0.05) is 32.6 Å². The Morgan fingerprint density at radius 3 is 2.70 bits per heavy atom. The normalized spacial score (nSPS) is 22.4. The highest BCUT2D eigenvalue weighted by Crippen LogP contribution is 2.29. The first-order valence-corrected chi connectivity index (χ1v) is 7.57. The van der Waals surface area contributed by atoms with Crippen molar-refractivity contribution in [1.29, 1.82) is 5.26 Å². The minimum absolute atomic E-state index is 0.331. The first kappa shape index (κ1) is 15.0. The topological polar surface area (TPSA) is 35.8 Å². The average Bonchev–Trinajstić information content (AvgIpc) is 2.45. The quantitative estimate of drug-likeness (QED) is 0.824. The molecule has 108 valence electrons. The largest absolute Gasteiger partial charge is 0.313 e. The number of nitrogens with zero attached hydrogens (tertiary/aromatic N) is 1. The Labute approximate surface area is 121 Å². The van der Waals surface area contributed by atoms with Crippen molar-refractivity contribution in [2.75, 3.05) is 6.54 Å². The van der Waals surface area contributed by atoms with Crippen LogP contribution in [0.1, 0.15) is 50.2 Å². The smallest absolute Gasteiger partial charge is 0.124 e. The summed E-state index contributed by atoms with van der Waals surface area (Å²) >= 11 is 0. The van der Waals surface area contributed by atoms with Gasteiger partial charge in [0.05, 0.1) is 11.6 Å². The number of halogens is 1. The van der Waals surface area contributed by atoms with Crippen molar-refractivity contribution in [1.82, 2.24) is 5.32 Å². The van der Waals surface area contributed by atoms with E-state index in [-0.39, 0.29) is 5.82 Å². The van der Waals surface area contributed by atoms with Gasteiger partial charge in [-0.3, -0.25) is 0 Å². The molecule has 0 amide bonds. The molecule has 2 nitrogen and oxygen atoms in total. The van der Waals surface area contributed by atoms with Crippen molar-refractivity contribution in [3.63, 3.8) is 0 Å². The molecule has 0 saturated heterocycles. The number of benzene rings is 1. The Hall–Kier alpha value is -1.40. The van der Waals surface area contributed by atoms with E-state index in [4.69, 9.17) is 5.26 Å². The van der Waals surface area contributed by atoms with Crippen LogP contribution in [-0.4, -0.2) is 6.54 Å². The van der Waals surface area contributed by atoms with E-state index >= 15 is 0 Å². The summed E-state index contributed by atoms with van der Waals surface area (Å²) in [5.74, 6) is 1.42. The molecule has 0 bridgehead atoms. The van der Waals surface area contributed by atoms with E-state index in [0.29, 0.717) is 12.1 Å². The minimum atomic E-state index is -0.331. The first-order valence-electron chi connectivity index (χ1n) is 7.57. The van der Waals surface area contributed by atoms with Gasteiger partial charge in [-0.05, 0) is 48.6 Å². The molecule has 1 fully saturated rings. The van der Waals surface area contributed by atoms with E-state index in [2.05, 4.69) is 12.2 Å². The summed E-state index contributed by atoms with van der Waals surface area (Å²) in [6.07, 6.45) is 6.62. The van der Waals surface area contributed by atoms with Gasteiger partial charge in [-0.2, -0.15) is 5.26 Å². The van der Waals surface area contributed by atoms with Crippen LogP contribution in [-0.2, 0) is 6.54 Å². The molecule has 1 saturated carbocycles. The summed E-state index contributed by atoms with van der Waals surface area (Å²) in [6.45, 7) is 3.94. The lowest BCUT2D eigenvalue weighted by Crippen LogP contribution is -2.20. The summed E-state index contributed by atoms with van der Waals surface area (Å²) in [5.41, 5.74) is 1.24. The van der Waals surface area contributed by atoms with Crippen LogP contribution in [0.5, 0.6) is 0 Å². The third kappa shape index (κ3) is 4.61. The SMILES string of the molecule is CC1CCC(CCNCc2cc(F)cc(C#N)c2)CC1. The Balaban J connectivity index is 1.71. The molecule has 0 atom stereocenters. The van der Waals surface area contributed by atoms with Crippen LogP contribution in [0.25, 0.3) is 0 Å². The predicted octanol–water partition coefficient (Wildman–Crippen LogP) is 4.00. The van der Waals surface area contributed by atoms with E-state index in [1.807, 2.05) is 6.07 Å². The molecule has 0 unspecified atom stereocenters. The van der Waals surface area contributed by atoms with Crippen LogP contribution in [0.15, 0.2) is 18.2 Å². The molecule has 1 aliphatic rings. The van der Waals surface area contributed by atoms with Crippen LogP contribution in [0.3, 0.4) is 0 Å².